The number of carbonyl (C=O) groups excluding carboxylic acids is 1. The third-order valence-electron chi connectivity index (χ3n) is 4.13. The van der Waals surface area contributed by atoms with Gasteiger partial charge in [-0.05, 0) is 24.6 Å². The number of carbonyl (C=O) groups is 1. The number of aryl methyl sites for hydroxylation is 1. The van der Waals surface area contributed by atoms with Crippen LogP contribution in [-0.2, 0) is 24.6 Å². The molecule has 0 saturated carbocycles. The van der Waals surface area contributed by atoms with Crippen molar-refractivity contribution in [2.75, 3.05) is 0 Å². The summed E-state index contributed by atoms with van der Waals surface area (Å²) < 4.78 is 40.4. The van der Waals surface area contributed by atoms with E-state index in [4.69, 9.17) is 0 Å². The molecule has 142 valence electrons. The molecule has 0 aliphatic rings. The van der Waals surface area contributed by atoms with Crippen molar-refractivity contribution in [2.45, 2.75) is 25.7 Å². The molecule has 0 aliphatic heterocycles. The van der Waals surface area contributed by atoms with E-state index in [0.717, 1.165) is 16.8 Å². The van der Waals surface area contributed by atoms with Gasteiger partial charge in [-0.3, -0.25) is 9.59 Å². The standard InChI is InChI=1S/C17H16F3N5O2/c1-10(11-3-5-12(6-4-11)17(18,19)20)23-14(26)8-25-16(27)15-13(7-22-25)21-9-24(15)2/h3-7,9-10H,8H2,1-2H3,(H,23,26). The topological polar surface area (TPSA) is 81.8 Å². The van der Waals surface area contributed by atoms with Crippen LogP contribution in [0.3, 0.4) is 0 Å². The Morgan fingerprint density at radius 2 is 1.93 bits per heavy atom. The van der Waals surface area contributed by atoms with Gasteiger partial charge in [0.05, 0.1) is 24.1 Å². The van der Waals surface area contributed by atoms with Crippen LogP contribution in [0.25, 0.3) is 11.0 Å². The van der Waals surface area contributed by atoms with E-state index in [0.29, 0.717) is 16.6 Å². The lowest BCUT2D eigenvalue weighted by Crippen LogP contribution is -2.35. The molecular weight excluding hydrogens is 363 g/mol. The van der Waals surface area contributed by atoms with Gasteiger partial charge in [-0.25, -0.2) is 9.67 Å². The maximum Gasteiger partial charge on any atom is 0.416 e. The molecule has 3 aromatic rings. The largest absolute Gasteiger partial charge is 0.416 e. The molecular formula is C17H16F3N5O2. The Labute approximate surface area is 151 Å². The van der Waals surface area contributed by atoms with E-state index in [1.165, 1.54) is 24.7 Å². The van der Waals surface area contributed by atoms with Crippen molar-refractivity contribution in [1.29, 1.82) is 0 Å². The average molecular weight is 379 g/mol. The summed E-state index contributed by atoms with van der Waals surface area (Å²) in [6, 6.07) is 4.00. The van der Waals surface area contributed by atoms with Crippen LogP contribution in [0.2, 0.25) is 0 Å². The number of nitrogens with one attached hydrogen (secondary N) is 1. The maximum atomic E-state index is 12.6. The number of aromatic nitrogens is 4. The van der Waals surface area contributed by atoms with Crippen LogP contribution >= 0.6 is 0 Å². The lowest BCUT2D eigenvalue weighted by molar-refractivity contribution is -0.137. The number of rotatable bonds is 4. The zero-order valence-electron chi connectivity index (χ0n) is 14.5. The second-order valence-electron chi connectivity index (χ2n) is 6.11. The van der Waals surface area contributed by atoms with Crippen LogP contribution in [-0.4, -0.2) is 25.2 Å². The second-order valence-corrected chi connectivity index (χ2v) is 6.11. The Hall–Kier alpha value is -3.17. The highest BCUT2D eigenvalue weighted by molar-refractivity contribution is 5.77. The van der Waals surface area contributed by atoms with Crippen molar-refractivity contribution < 1.29 is 18.0 Å². The Morgan fingerprint density at radius 1 is 1.26 bits per heavy atom. The first-order chi connectivity index (χ1) is 12.7. The van der Waals surface area contributed by atoms with E-state index in [9.17, 15) is 22.8 Å². The highest BCUT2D eigenvalue weighted by Crippen LogP contribution is 2.29. The molecule has 3 rings (SSSR count). The van der Waals surface area contributed by atoms with E-state index in [2.05, 4.69) is 15.4 Å². The van der Waals surface area contributed by atoms with Gasteiger partial charge in [-0.2, -0.15) is 18.3 Å². The monoisotopic (exact) mass is 379 g/mol. The molecule has 1 amide bonds. The van der Waals surface area contributed by atoms with Crippen molar-refractivity contribution in [3.05, 3.63) is 58.3 Å². The predicted molar refractivity (Wildman–Crippen MR) is 90.8 cm³/mol. The number of hydrogen-bond acceptors (Lipinski definition) is 4. The number of imidazole rings is 1. The molecule has 10 heteroatoms. The lowest BCUT2D eigenvalue weighted by atomic mass is 10.1. The quantitative estimate of drug-likeness (QED) is 0.752. The Morgan fingerprint density at radius 3 is 2.56 bits per heavy atom. The minimum atomic E-state index is -4.41. The molecule has 0 radical (unpaired) electrons. The zero-order valence-corrected chi connectivity index (χ0v) is 14.5. The average Bonchev–Trinajstić information content (AvgIpc) is 2.98. The van der Waals surface area contributed by atoms with Gasteiger partial charge in [0.15, 0.2) is 0 Å². The van der Waals surface area contributed by atoms with Crippen molar-refractivity contribution in [1.82, 2.24) is 24.6 Å². The molecule has 2 aromatic heterocycles. The van der Waals surface area contributed by atoms with Crippen molar-refractivity contribution >= 4 is 16.9 Å². The number of amides is 1. The second kappa shape index (κ2) is 6.86. The summed E-state index contributed by atoms with van der Waals surface area (Å²) in [5.41, 5.74) is 0.0550. The first kappa shape index (κ1) is 18.6. The molecule has 0 bridgehead atoms. The predicted octanol–water partition coefficient (Wildman–Crippen LogP) is 2.03. The van der Waals surface area contributed by atoms with Crippen LogP contribution in [0.1, 0.15) is 24.1 Å². The van der Waals surface area contributed by atoms with E-state index in [1.807, 2.05) is 0 Å². The lowest BCUT2D eigenvalue weighted by Gasteiger charge is -2.15. The normalized spacial score (nSPS) is 12.9. The molecule has 0 aliphatic carbocycles. The fourth-order valence-electron chi connectivity index (χ4n) is 2.68. The van der Waals surface area contributed by atoms with E-state index >= 15 is 0 Å². The Kier molecular flexibility index (Phi) is 4.73. The van der Waals surface area contributed by atoms with Gasteiger partial charge in [0.1, 0.15) is 17.6 Å². The number of hydrogen-bond donors (Lipinski definition) is 1. The van der Waals surface area contributed by atoms with Gasteiger partial charge < -0.3 is 9.88 Å². The highest BCUT2D eigenvalue weighted by atomic mass is 19.4. The molecule has 1 atom stereocenters. The zero-order chi connectivity index (χ0) is 19.8. The minimum Gasteiger partial charge on any atom is -0.348 e. The van der Waals surface area contributed by atoms with E-state index < -0.39 is 29.2 Å². The summed E-state index contributed by atoms with van der Waals surface area (Å²) in [5.74, 6) is -0.487. The molecule has 1 unspecified atom stereocenters. The minimum absolute atomic E-state index is 0.315. The molecule has 27 heavy (non-hydrogen) atoms. The molecule has 0 spiro atoms. The smallest absolute Gasteiger partial charge is 0.348 e. The van der Waals surface area contributed by atoms with Gasteiger partial charge in [0.25, 0.3) is 5.56 Å². The van der Waals surface area contributed by atoms with Crippen LogP contribution in [0.5, 0.6) is 0 Å². The number of fused-ring (bicyclic) bond motifs is 1. The number of nitrogens with zero attached hydrogens (tertiary/aromatic N) is 4. The molecule has 7 nitrogen and oxygen atoms in total. The molecule has 0 saturated heterocycles. The highest BCUT2D eigenvalue weighted by Gasteiger charge is 2.30. The molecule has 0 fully saturated rings. The molecule has 2 heterocycles. The van der Waals surface area contributed by atoms with Crippen molar-refractivity contribution in [2.24, 2.45) is 7.05 Å². The summed E-state index contributed by atoms with van der Waals surface area (Å²) in [6.45, 7) is 1.33. The summed E-state index contributed by atoms with van der Waals surface area (Å²) in [5, 5.41) is 6.57. The van der Waals surface area contributed by atoms with Crippen molar-refractivity contribution in [3.8, 4) is 0 Å². The summed E-state index contributed by atoms with van der Waals surface area (Å²) >= 11 is 0. The molecule has 1 aromatic carbocycles. The summed E-state index contributed by atoms with van der Waals surface area (Å²) in [4.78, 5) is 28.6. The number of alkyl halides is 3. The number of benzene rings is 1. The Balaban J connectivity index is 1.71. The number of halogens is 3. The van der Waals surface area contributed by atoms with Gasteiger partial charge in [-0.15, -0.1) is 0 Å². The summed E-state index contributed by atoms with van der Waals surface area (Å²) in [7, 11) is 1.66. The first-order valence-electron chi connectivity index (χ1n) is 8.00. The Bertz CT molecular complexity index is 1040. The van der Waals surface area contributed by atoms with Crippen molar-refractivity contribution in [3.63, 3.8) is 0 Å². The maximum absolute atomic E-state index is 12.6. The van der Waals surface area contributed by atoms with Crippen LogP contribution in [0.4, 0.5) is 13.2 Å². The summed E-state index contributed by atoms with van der Waals surface area (Å²) in [6.07, 6.45) is -1.55. The molecule has 1 N–H and O–H groups in total. The third-order valence-corrected chi connectivity index (χ3v) is 4.13. The van der Waals surface area contributed by atoms with Crippen LogP contribution in [0, 0.1) is 0 Å². The third kappa shape index (κ3) is 3.83. The fourth-order valence-corrected chi connectivity index (χ4v) is 2.68. The SMILES string of the molecule is CC(NC(=O)Cn1ncc2ncn(C)c2c1=O)c1ccc(C(F)(F)F)cc1. The van der Waals surface area contributed by atoms with Gasteiger partial charge in [0.2, 0.25) is 5.91 Å². The van der Waals surface area contributed by atoms with Crippen LogP contribution in [0.15, 0.2) is 41.6 Å². The van der Waals surface area contributed by atoms with E-state index in [1.54, 1.807) is 18.5 Å². The van der Waals surface area contributed by atoms with Gasteiger partial charge >= 0.3 is 6.18 Å². The first-order valence-corrected chi connectivity index (χ1v) is 8.00. The van der Waals surface area contributed by atoms with Gasteiger partial charge in [-0.1, -0.05) is 12.1 Å². The van der Waals surface area contributed by atoms with Gasteiger partial charge in [0, 0.05) is 7.05 Å². The fraction of sp³-hybridized carbons (Fsp3) is 0.294. The van der Waals surface area contributed by atoms with E-state index in [-0.39, 0.29) is 6.54 Å². The van der Waals surface area contributed by atoms with Crippen LogP contribution < -0.4 is 10.9 Å².